The predicted molar refractivity (Wildman–Crippen MR) is 104 cm³/mol. The van der Waals surface area contributed by atoms with Gasteiger partial charge < -0.3 is 19.3 Å². The fraction of sp³-hybridized carbons (Fsp3) is 0.238. The van der Waals surface area contributed by atoms with Crippen LogP contribution < -0.4 is 9.47 Å². The molecule has 0 bridgehead atoms. The van der Waals surface area contributed by atoms with Gasteiger partial charge in [-0.15, -0.1) is 0 Å². The molecule has 0 unspecified atom stereocenters. The molecule has 1 heterocycles. The van der Waals surface area contributed by atoms with E-state index in [9.17, 15) is 4.79 Å². The lowest BCUT2D eigenvalue weighted by atomic mass is 10.1. The molecule has 7 nitrogen and oxygen atoms in total. The van der Waals surface area contributed by atoms with Gasteiger partial charge in [-0.05, 0) is 61.5 Å². The molecule has 0 spiro atoms. The third-order valence-electron chi connectivity index (χ3n) is 4.02. The first kappa shape index (κ1) is 19.4. The third kappa shape index (κ3) is 4.32. The molecular formula is C21H22N2O5. The summed E-state index contributed by atoms with van der Waals surface area (Å²) in [6, 6.07) is 16.4. The molecule has 0 aliphatic rings. The second-order valence-electron chi connectivity index (χ2n) is 5.84. The number of aromatic nitrogens is 2. The smallest absolute Gasteiger partial charge is 0.358 e. The highest BCUT2D eigenvalue weighted by Crippen LogP contribution is 2.27. The van der Waals surface area contributed by atoms with Crippen LogP contribution in [-0.2, 0) is 4.74 Å². The fourth-order valence-electron chi connectivity index (χ4n) is 2.70. The van der Waals surface area contributed by atoms with E-state index in [0.29, 0.717) is 5.75 Å². The number of rotatable bonds is 8. The summed E-state index contributed by atoms with van der Waals surface area (Å²) in [4.78, 5) is 12.2. The molecule has 1 N–H and O–H groups in total. The van der Waals surface area contributed by atoms with Gasteiger partial charge >= 0.3 is 5.97 Å². The highest BCUT2D eigenvalue weighted by atomic mass is 16.5. The maximum Gasteiger partial charge on any atom is 0.358 e. The van der Waals surface area contributed by atoms with E-state index < -0.39 is 5.97 Å². The molecule has 3 aromatic rings. The molecule has 0 fully saturated rings. The standard InChI is InChI=1S/C21H22N2O5/c1-3-27-21(25)19-14-20(15-4-8-18(9-5-15)28-13-12-24)23(22-19)16-6-10-17(26-2)11-7-16/h4-11,14,24H,3,12-13H2,1-2H3. The quantitative estimate of drug-likeness (QED) is 0.603. The zero-order valence-electron chi connectivity index (χ0n) is 15.8. The Bertz CT molecular complexity index is 917. The maximum atomic E-state index is 12.2. The summed E-state index contributed by atoms with van der Waals surface area (Å²) in [7, 11) is 1.60. The van der Waals surface area contributed by atoms with Crippen LogP contribution in [0.1, 0.15) is 17.4 Å². The Morgan fingerprint density at radius 3 is 2.36 bits per heavy atom. The van der Waals surface area contributed by atoms with Gasteiger partial charge in [0.15, 0.2) is 5.69 Å². The summed E-state index contributed by atoms with van der Waals surface area (Å²) in [5, 5.41) is 13.3. The van der Waals surface area contributed by atoms with Gasteiger partial charge in [0.25, 0.3) is 0 Å². The van der Waals surface area contributed by atoms with Crippen molar-refractivity contribution in [2.45, 2.75) is 6.92 Å². The van der Waals surface area contributed by atoms with Crippen molar-refractivity contribution in [2.75, 3.05) is 26.9 Å². The Labute approximate surface area is 163 Å². The monoisotopic (exact) mass is 382 g/mol. The molecular weight excluding hydrogens is 360 g/mol. The second kappa shape index (κ2) is 9.05. The van der Waals surface area contributed by atoms with E-state index in [4.69, 9.17) is 19.3 Å². The molecule has 28 heavy (non-hydrogen) atoms. The van der Waals surface area contributed by atoms with Gasteiger partial charge in [0.1, 0.15) is 18.1 Å². The van der Waals surface area contributed by atoms with Gasteiger partial charge in [-0.2, -0.15) is 5.10 Å². The maximum absolute atomic E-state index is 12.2. The van der Waals surface area contributed by atoms with Crippen LogP contribution >= 0.6 is 0 Å². The van der Waals surface area contributed by atoms with Crippen LogP contribution in [-0.4, -0.2) is 47.8 Å². The van der Waals surface area contributed by atoms with Crippen molar-refractivity contribution in [3.8, 4) is 28.4 Å². The molecule has 1 aromatic heterocycles. The van der Waals surface area contributed by atoms with Gasteiger partial charge in [-0.25, -0.2) is 9.48 Å². The highest BCUT2D eigenvalue weighted by molar-refractivity contribution is 5.89. The van der Waals surface area contributed by atoms with Crippen molar-refractivity contribution in [1.82, 2.24) is 9.78 Å². The molecule has 0 aliphatic carbocycles. The number of hydrogen-bond donors (Lipinski definition) is 1. The van der Waals surface area contributed by atoms with E-state index in [2.05, 4.69) is 5.10 Å². The zero-order chi connectivity index (χ0) is 19.9. The molecule has 0 atom stereocenters. The Kier molecular flexibility index (Phi) is 6.29. The Balaban J connectivity index is 2.00. The number of aliphatic hydroxyl groups excluding tert-OH is 1. The van der Waals surface area contributed by atoms with Gasteiger partial charge in [0, 0.05) is 5.56 Å². The van der Waals surface area contributed by atoms with Crippen LogP contribution in [0.25, 0.3) is 16.9 Å². The van der Waals surface area contributed by atoms with Gasteiger partial charge in [-0.1, -0.05) is 0 Å². The lowest BCUT2D eigenvalue weighted by molar-refractivity contribution is 0.0519. The number of methoxy groups -OCH3 is 1. The van der Waals surface area contributed by atoms with Crippen LogP contribution in [0.15, 0.2) is 54.6 Å². The highest BCUT2D eigenvalue weighted by Gasteiger charge is 2.17. The van der Waals surface area contributed by atoms with Crippen LogP contribution in [0.3, 0.4) is 0 Å². The third-order valence-corrected chi connectivity index (χ3v) is 4.02. The van der Waals surface area contributed by atoms with E-state index in [-0.39, 0.29) is 25.5 Å². The van der Waals surface area contributed by atoms with Crippen LogP contribution in [0.4, 0.5) is 0 Å². The molecule has 0 amide bonds. The van der Waals surface area contributed by atoms with Crippen LogP contribution in [0.2, 0.25) is 0 Å². The van der Waals surface area contributed by atoms with Crippen molar-refractivity contribution in [2.24, 2.45) is 0 Å². The number of aliphatic hydroxyl groups is 1. The van der Waals surface area contributed by atoms with E-state index >= 15 is 0 Å². The number of nitrogens with zero attached hydrogens (tertiary/aromatic N) is 2. The number of ether oxygens (including phenoxy) is 3. The Morgan fingerprint density at radius 1 is 1.07 bits per heavy atom. The predicted octanol–water partition coefficient (Wildman–Crippen LogP) is 3.10. The molecule has 7 heteroatoms. The van der Waals surface area contributed by atoms with Crippen molar-refractivity contribution in [1.29, 1.82) is 0 Å². The minimum absolute atomic E-state index is 0.0467. The summed E-state index contributed by atoms with van der Waals surface area (Å²) in [6.45, 7) is 2.22. The first-order valence-electron chi connectivity index (χ1n) is 8.92. The fourth-order valence-corrected chi connectivity index (χ4v) is 2.70. The molecule has 0 saturated heterocycles. The molecule has 3 rings (SSSR count). The largest absolute Gasteiger partial charge is 0.497 e. The number of carbonyl (C=O) groups excluding carboxylic acids is 1. The lowest BCUT2D eigenvalue weighted by Crippen LogP contribution is -2.06. The normalized spacial score (nSPS) is 10.5. The summed E-state index contributed by atoms with van der Waals surface area (Å²) in [5.41, 5.74) is 2.61. The molecule has 146 valence electrons. The number of benzene rings is 2. The van der Waals surface area contributed by atoms with Gasteiger partial charge in [-0.3, -0.25) is 0 Å². The minimum Gasteiger partial charge on any atom is -0.497 e. The van der Waals surface area contributed by atoms with E-state index in [0.717, 1.165) is 22.7 Å². The van der Waals surface area contributed by atoms with Crippen molar-refractivity contribution in [3.05, 3.63) is 60.3 Å². The minimum atomic E-state index is -0.473. The second-order valence-corrected chi connectivity index (χ2v) is 5.84. The van der Waals surface area contributed by atoms with E-state index in [1.165, 1.54) is 0 Å². The SMILES string of the molecule is CCOC(=O)c1cc(-c2ccc(OCCO)cc2)n(-c2ccc(OC)cc2)n1. The van der Waals surface area contributed by atoms with Gasteiger partial charge in [0.2, 0.25) is 0 Å². The van der Waals surface area contributed by atoms with Crippen molar-refractivity contribution >= 4 is 5.97 Å². The van der Waals surface area contributed by atoms with E-state index in [1.54, 1.807) is 36.9 Å². The van der Waals surface area contributed by atoms with Gasteiger partial charge in [0.05, 0.1) is 31.7 Å². The summed E-state index contributed by atoms with van der Waals surface area (Å²) in [5.74, 6) is 0.909. The number of hydrogen-bond acceptors (Lipinski definition) is 6. The first-order valence-corrected chi connectivity index (χ1v) is 8.92. The topological polar surface area (TPSA) is 82.8 Å². The average molecular weight is 382 g/mol. The van der Waals surface area contributed by atoms with E-state index in [1.807, 2.05) is 36.4 Å². The summed E-state index contributed by atoms with van der Waals surface area (Å²) in [6.07, 6.45) is 0. The van der Waals surface area contributed by atoms with Crippen LogP contribution in [0, 0.1) is 0 Å². The van der Waals surface area contributed by atoms with Crippen molar-refractivity contribution < 1.29 is 24.1 Å². The molecule has 0 aliphatic heterocycles. The summed E-state index contributed by atoms with van der Waals surface area (Å²) < 4.78 is 17.4. The number of esters is 1. The summed E-state index contributed by atoms with van der Waals surface area (Å²) >= 11 is 0. The van der Waals surface area contributed by atoms with Crippen LogP contribution in [0.5, 0.6) is 11.5 Å². The molecule has 0 saturated carbocycles. The molecule has 0 radical (unpaired) electrons. The number of carbonyl (C=O) groups is 1. The lowest BCUT2D eigenvalue weighted by Gasteiger charge is -2.09. The van der Waals surface area contributed by atoms with Crippen molar-refractivity contribution in [3.63, 3.8) is 0 Å². The Morgan fingerprint density at radius 2 is 1.75 bits per heavy atom. The molecule has 2 aromatic carbocycles. The Hall–Kier alpha value is -3.32. The zero-order valence-corrected chi connectivity index (χ0v) is 15.8. The first-order chi connectivity index (χ1) is 13.7. The average Bonchev–Trinajstić information content (AvgIpc) is 3.18.